The van der Waals surface area contributed by atoms with Crippen LogP contribution < -0.4 is 10.6 Å². The normalized spacial score (nSPS) is 16.8. The van der Waals surface area contributed by atoms with Gasteiger partial charge >= 0.3 is 0 Å². The van der Waals surface area contributed by atoms with E-state index in [2.05, 4.69) is 0 Å². The molecular weight excluding hydrogens is 231 g/mol. The number of halogens is 1. The van der Waals surface area contributed by atoms with E-state index < -0.39 is 0 Å². The first-order chi connectivity index (χ1) is 8.70. The lowest BCUT2D eigenvalue weighted by Gasteiger charge is -2.28. The molecule has 2 rings (SSSR count). The minimum atomic E-state index is -0.187. The molecule has 0 spiro atoms. The largest absolute Gasteiger partial charge is 0.381 e. The second kappa shape index (κ2) is 6.16. The molecule has 18 heavy (non-hydrogen) atoms. The quantitative estimate of drug-likeness (QED) is 0.892. The Balaban J connectivity index is 2.01. The Labute approximate surface area is 108 Å². The Morgan fingerprint density at radius 1 is 1.39 bits per heavy atom. The molecule has 0 unspecified atom stereocenters. The number of rotatable bonds is 4. The van der Waals surface area contributed by atoms with E-state index in [4.69, 9.17) is 10.5 Å². The van der Waals surface area contributed by atoms with Crippen LogP contribution >= 0.6 is 0 Å². The molecule has 1 heterocycles. The molecule has 2 N–H and O–H groups in total. The maximum absolute atomic E-state index is 13.9. The van der Waals surface area contributed by atoms with Gasteiger partial charge in [0.05, 0.1) is 5.69 Å². The molecule has 0 aromatic heterocycles. The van der Waals surface area contributed by atoms with Gasteiger partial charge in [-0.15, -0.1) is 0 Å². The van der Waals surface area contributed by atoms with Gasteiger partial charge in [-0.1, -0.05) is 6.07 Å². The van der Waals surface area contributed by atoms with Crippen molar-refractivity contribution < 1.29 is 9.13 Å². The highest BCUT2D eigenvalue weighted by Crippen LogP contribution is 2.23. The van der Waals surface area contributed by atoms with Crippen LogP contribution in [-0.2, 0) is 11.3 Å². The lowest BCUT2D eigenvalue weighted by molar-refractivity contribution is 0.0685. The van der Waals surface area contributed by atoms with E-state index in [1.54, 1.807) is 0 Å². The average Bonchev–Trinajstić information content (AvgIpc) is 2.39. The highest BCUT2D eigenvalue weighted by Gasteiger charge is 2.17. The maximum Gasteiger partial charge on any atom is 0.146 e. The van der Waals surface area contributed by atoms with Gasteiger partial charge in [-0.25, -0.2) is 4.39 Å². The van der Waals surface area contributed by atoms with Crippen LogP contribution in [0.1, 0.15) is 18.4 Å². The number of ether oxygens (including phenoxy) is 1. The summed E-state index contributed by atoms with van der Waals surface area (Å²) < 4.78 is 19.3. The Bertz CT molecular complexity index is 391. The molecule has 1 aromatic carbocycles. The van der Waals surface area contributed by atoms with Gasteiger partial charge in [0, 0.05) is 33.4 Å². The summed E-state index contributed by atoms with van der Waals surface area (Å²) in [5, 5.41) is 0. The van der Waals surface area contributed by atoms with Crippen LogP contribution in [0.2, 0.25) is 0 Å². The SMILES string of the molecule is CN(CC1CCOCC1)c1ccc(CN)cc1F. The zero-order valence-electron chi connectivity index (χ0n) is 10.9. The molecule has 0 radical (unpaired) electrons. The van der Waals surface area contributed by atoms with Crippen LogP contribution in [0.4, 0.5) is 10.1 Å². The summed E-state index contributed by atoms with van der Waals surface area (Å²) in [5.74, 6) is 0.407. The number of nitrogens with two attached hydrogens (primary N) is 1. The Morgan fingerprint density at radius 2 is 2.11 bits per heavy atom. The number of anilines is 1. The minimum Gasteiger partial charge on any atom is -0.381 e. The van der Waals surface area contributed by atoms with Crippen molar-refractivity contribution in [3.8, 4) is 0 Å². The smallest absolute Gasteiger partial charge is 0.146 e. The van der Waals surface area contributed by atoms with E-state index >= 15 is 0 Å². The first-order valence-corrected chi connectivity index (χ1v) is 6.48. The molecule has 0 amide bonds. The molecule has 0 bridgehead atoms. The number of nitrogens with zero attached hydrogens (tertiary/aromatic N) is 1. The van der Waals surface area contributed by atoms with Crippen molar-refractivity contribution in [2.75, 3.05) is 31.7 Å². The lowest BCUT2D eigenvalue weighted by Crippen LogP contribution is -2.30. The van der Waals surface area contributed by atoms with Crippen molar-refractivity contribution in [1.29, 1.82) is 0 Å². The predicted molar refractivity (Wildman–Crippen MR) is 71.1 cm³/mol. The standard InChI is InChI=1S/C14H21FN2O/c1-17(10-11-4-6-18-7-5-11)14-3-2-12(9-16)8-13(14)15/h2-3,8,11H,4-7,9-10,16H2,1H3. The van der Waals surface area contributed by atoms with E-state index in [9.17, 15) is 4.39 Å². The van der Waals surface area contributed by atoms with Gasteiger partial charge in [-0.2, -0.15) is 0 Å². The summed E-state index contributed by atoms with van der Waals surface area (Å²) in [7, 11) is 1.94. The van der Waals surface area contributed by atoms with Crippen molar-refractivity contribution in [2.45, 2.75) is 19.4 Å². The summed E-state index contributed by atoms with van der Waals surface area (Å²) in [4.78, 5) is 1.99. The van der Waals surface area contributed by atoms with Gasteiger partial charge in [-0.3, -0.25) is 0 Å². The van der Waals surface area contributed by atoms with Gasteiger partial charge < -0.3 is 15.4 Å². The fraction of sp³-hybridized carbons (Fsp3) is 0.571. The monoisotopic (exact) mass is 252 g/mol. The summed E-state index contributed by atoms with van der Waals surface area (Å²) in [6.07, 6.45) is 2.12. The zero-order chi connectivity index (χ0) is 13.0. The van der Waals surface area contributed by atoms with Crippen molar-refractivity contribution in [3.63, 3.8) is 0 Å². The van der Waals surface area contributed by atoms with Gasteiger partial charge in [0.2, 0.25) is 0 Å². The fourth-order valence-corrected chi connectivity index (χ4v) is 2.40. The van der Waals surface area contributed by atoms with Crippen LogP contribution in [0.15, 0.2) is 18.2 Å². The molecule has 0 saturated carbocycles. The Kier molecular flexibility index (Phi) is 4.55. The van der Waals surface area contributed by atoms with E-state index in [0.29, 0.717) is 18.2 Å². The molecule has 1 aliphatic heterocycles. The molecule has 1 aliphatic rings. The van der Waals surface area contributed by atoms with E-state index in [-0.39, 0.29) is 5.82 Å². The third-order valence-corrected chi connectivity index (χ3v) is 3.53. The molecule has 0 aliphatic carbocycles. The molecular formula is C14H21FN2O. The minimum absolute atomic E-state index is 0.187. The van der Waals surface area contributed by atoms with Gasteiger partial charge in [0.25, 0.3) is 0 Å². The van der Waals surface area contributed by atoms with Crippen molar-refractivity contribution in [3.05, 3.63) is 29.6 Å². The second-order valence-electron chi connectivity index (χ2n) is 4.93. The molecule has 100 valence electrons. The van der Waals surface area contributed by atoms with Crippen molar-refractivity contribution in [1.82, 2.24) is 0 Å². The van der Waals surface area contributed by atoms with Gasteiger partial charge in [0.15, 0.2) is 0 Å². The molecule has 1 aromatic rings. The average molecular weight is 252 g/mol. The number of benzene rings is 1. The highest BCUT2D eigenvalue weighted by molar-refractivity contribution is 5.48. The van der Waals surface area contributed by atoms with Crippen molar-refractivity contribution >= 4 is 5.69 Å². The van der Waals surface area contributed by atoms with Gasteiger partial charge in [0.1, 0.15) is 5.82 Å². The summed E-state index contributed by atoms with van der Waals surface area (Å²) in [6, 6.07) is 5.23. The van der Waals surface area contributed by atoms with Crippen LogP contribution in [0.3, 0.4) is 0 Å². The Morgan fingerprint density at radius 3 is 2.72 bits per heavy atom. The second-order valence-corrected chi connectivity index (χ2v) is 4.93. The van der Waals surface area contributed by atoms with E-state index in [1.807, 2.05) is 24.1 Å². The molecule has 1 saturated heterocycles. The highest BCUT2D eigenvalue weighted by atomic mass is 19.1. The third kappa shape index (κ3) is 3.21. The van der Waals surface area contributed by atoms with Crippen LogP contribution in [0.5, 0.6) is 0 Å². The van der Waals surface area contributed by atoms with Crippen molar-refractivity contribution in [2.24, 2.45) is 11.7 Å². The molecule has 4 heteroatoms. The van der Waals surface area contributed by atoms with Crippen LogP contribution in [0, 0.1) is 11.7 Å². The molecule has 3 nitrogen and oxygen atoms in total. The lowest BCUT2D eigenvalue weighted by atomic mass is 9.99. The number of hydrogen-bond donors (Lipinski definition) is 1. The fourth-order valence-electron chi connectivity index (χ4n) is 2.40. The summed E-state index contributed by atoms with van der Waals surface area (Å²) in [6.45, 7) is 2.91. The topological polar surface area (TPSA) is 38.5 Å². The summed E-state index contributed by atoms with van der Waals surface area (Å²) in [5.41, 5.74) is 6.98. The van der Waals surface area contributed by atoms with E-state index in [0.717, 1.165) is 38.2 Å². The Hall–Kier alpha value is -1.13. The first-order valence-electron chi connectivity index (χ1n) is 6.48. The zero-order valence-corrected chi connectivity index (χ0v) is 10.9. The van der Waals surface area contributed by atoms with Crippen LogP contribution in [0.25, 0.3) is 0 Å². The molecule has 0 atom stereocenters. The summed E-state index contributed by atoms with van der Waals surface area (Å²) >= 11 is 0. The molecule has 1 fully saturated rings. The van der Waals surface area contributed by atoms with Gasteiger partial charge in [-0.05, 0) is 36.5 Å². The van der Waals surface area contributed by atoms with E-state index in [1.165, 1.54) is 6.07 Å². The number of hydrogen-bond acceptors (Lipinski definition) is 3. The maximum atomic E-state index is 13.9. The first kappa shape index (κ1) is 13.3. The third-order valence-electron chi connectivity index (χ3n) is 3.53. The van der Waals surface area contributed by atoms with Crippen LogP contribution in [-0.4, -0.2) is 26.8 Å². The predicted octanol–water partition coefficient (Wildman–Crippen LogP) is 2.15.